The molecule has 0 radical (unpaired) electrons. The molecule has 0 bridgehead atoms. The Bertz CT molecular complexity index is 1000. The number of piperazine rings is 1. The first-order valence-corrected chi connectivity index (χ1v) is 10.4. The minimum Gasteiger partial charge on any atom is -0.465 e. The second-order valence-electron chi connectivity index (χ2n) is 7.37. The topological polar surface area (TPSA) is 71.1 Å². The van der Waals surface area contributed by atoms with Crippen molar-refractivity contribution < 1.29 is 19.1 Å². The lowest BCUT2D eigenvalue weighted by atomic mass is 10.1. The van der Waals surface area contributed by atoms with Crippen LogP contribution >= 0.6 is 12.2 Å². The van der Waals surface area contributed by atoms with Crippen LogP contribution < -0.4 is 10.2 Å². The smallest absolute Gasteiger partial charge is 0.339 e. The Morgan fingerprint density at radius 1 is 0.968 bits per heavy atom. The Hall–Kier alpha value is -3.13. The Morgan fingerprint density at radius 3 is 2.29 bits per heavy atom. The average Bonchev–Trinajstić information content (AvgIpc) is 2.79. The molecule has 7 nitrogen and oxygen atoms in total. The summed E-state index contributed by atoms with van der Waals surface area (Å²) < 4.78 is 9.64. The third-order valence-electron chi connectivity index (χ3n) is 5.57. The van der Waals surface area contributed by atoms with Gasteiger partial charge in [0, 0.05) is 31.9 Å². The molecule has 1 saturated heterocycles. The molecule has 0 aromatic heterocycles. The first kappa shape index (κ1) is 22.6. The molecule has 0 atom stereocenters. The van der Waals surface area contributed by atoms with Gasteiger partial charge in [0.1, 0.15) is 0 Å². The maximum absolute atomic E-state index is 12.2. The second kappa shape index (κ2) is 9.78. The van der Waals surface area contributed by atoms with E-state index in [1.54, 1.807) is 6.07 Å². The third kappa shape index (κ3) is 4.96. The van der Waals surface area contributed by atoms with Crippen molar-refractivity contribution in [3.63, 3.8) is 0 Å². The number of nitrogens with zero attached hydrogens (tertiary/aromatic N) is 2. The van der Waals surface area contributed by atoms with Crippen molar-refractivity contribution in [1.29, 1.82) is 0 Å². The van der Waals surface area contributed by atoms with Gasteiger partial charge < -0.3 is 24.6 Å². The van der Waals surface area contributed by atoms with E-state index in [1.807, 2.05) is 0 Å². The molecule has 1 fully saturated rings. The number of hydrogen-bond acceptors (Lipinski definition) is 6. The van der Waals surface area contributed by atoms with Crippen molar-refractivity contribution >= 4 is 40.6 Å². The van der Waals surface area contributed by atoms with E-state index in [0.717, 1.165) is 26.2 Å². The number of hydrogen-bond donors (Lipinski definition) is 1. The number of benzene rings is 2. The van der Waals surface area contributed by atoms with E-state index in [4.69, 9.17) is 21.7 Å². The molecule has 0 saturated carbocycles. The number of nitrogens with one attached hydrogen (secondary N) is 1. The van der Waals surface area contributed by atoms with E-state index in [9.17, 15) is 9.59 Å². The van der Waals surface area contributed by atoms with Crippen LogP contribution in [0.5, 0.6) is 0 Å². The largest absolute Gasteiger partial charge is 0.465 e. The fraction of sp³-hybridized carbons (Fsp3) is 0.348. The fourth-order valence-electron chi connectivity index (χ4n) is 3.60. The number of esters is 2. The number of anilines is 2. The highest BCUT2D eigenvalue weighted by Crippen LogP contribution is 2.25. The normalized spacial score (nSPS) is 13.5. The predicted molar refractivity (Wildman–Crippen MR) is 125 cm³/mol. The van der Waals surface area contributed by atoms with Crippen LogP contribution in [0.25, 0.3) is 0 Å². The lowest BCUT2D eigenvalue weighted by Crippen LogP contribution is -2.50. The Labute approximate surface area is 187 Å². The van der Waals surface area contributed by atoms with Gasteiger partial charge in [-0.3, -0.25) is 0 Å². The van der Waals surface area contributed by atoms with E-state index in [0.29, 0.717) is 21.9 Å². The SMILES string of the molecule is COC(=O)c1ccc(C(=O)OC)c(NC(=S)N2CCN(c3cccc(C)c3C)CC2)c1. The molecule has 2 aromatic rings. The van der Waals surface area contributed by atoms with Gasteiger partial charge in [0.2, 0.25) is 0 Å². The Balaban J connectivity index is 1.72. The van der Waals surface area contributed by atoms with E-state index in [-0.39, 0.29) is 0 Å². The van der Waals surface area contributed by atoms with Gasteiger partial charge >= 0.3 is 11.9 Å². The molecule has 0 unspecified atom stereocenters. The van der Waals surface area contributed by atoms with Crippen LogP contribution in [0.1, 0.15) is 31.8 Å². The summed E-state index contributed by atoms with van der Waals surface area (Å²) in [5, 5.41) is 3.61. The fourth-order valence-corrected chi connectivity index (χ4v) is 3.90. The van der Waals surface area contributed by atoms with Gasteiger partial charge in [-0.05, 0) is 61.5 Å². The summed E-state index contributed by atoms with van der Waals surface area (Å²) in [5.74, 6) is -1.01. The number of carbonyl (C=O) groups excluding carboxylic acids is 2. The molecule has 0 amide bonds. The van der Waals surface area contributed by atoms with Crippen LogP contribution in [0.3, 0.4) is 0 Å². The third-order valence-corrected chi connectivity index (χ3v) is 5.93. The highest BCUT2D eigenvalue weighted by atomic mass is 32.1. The van der Waals surface area contributed by atoms with Gasteiger partial charge in [-0.2, -0.15) is 0 Å². The van der Waals surface area contributed by atoms with E-state index in [2.05, 4.69) is 47.2 Å². The molecule has 8 heteroatoms. The first-order chi connectivity index (χ1) is 14.8. The minimum atomic E-state index is -0.513. The Kier molecular flexibility index (Phi) is 7.12. The van der Waals surface area contributed by atoms with E-state index in [1.165, 1.54) is 43.2 Å². The quantitative estimate of drug-likeness (QED) is 0.572. The number of aryl methyl sites for hydroxylation is 1. The van der Waals surface area contributed by atoms with Crippen molar-refractivity contribution in [1.82, 2.24) is 4.90 Å². The van der Waals surface area contributed by atoms with Crippen LogP contribution in [0, 0.1) is 13.8 Å². The van der Waals surface area contributed by atoms with Crippen LogP contribution in [0.2, 0.25) is 0 Å². The van der Waals surface area contributed by atoms with Gasteiger partial charge in [-0.25, -0.2) is 9.59 Å². The maximum Gasteiger partial charge on any atom is 0.339 e. The summed E-state index contributed by atoms with van der Waals surface area (Å²) in [4.78, 5) is 28.5. The van der Waals surface area contributed by atoms with Gasteiger partial charge in [-0.15, -0.1) is 0 Å². The lowest BCUT2D eigenvalue weighted by Gasteiger charge is -2.38. The summed E-state index contributed by atoms with van der Waals surface area (Å²) in [5.41, 5.74) is 4.85. The molecular formula is C23H27N3O4S. The molecule has 1 aliphatic rings. The van der Waals surface area contributed by atoms with Crippen molar-refractivity contribution in [2.24, 2.45) is 0 Å². The van der Waals surface area contributed by atoms with Crippen LogP contribution in [-0.4, -0.2) is 62.3 Å². The number of carbonyl (C=O) groups is 2. The number of thiocarbonyl (C=S) groups is 1. The molecule has 1 aliphatic heterocycles. The summed E-state index contributed by atoms with van der Waals surface area (Å²) in [6.07, 6.45) is 0. The van der Waals surface area contributed by atoms with Gasteiger partial charge in [0.25, 0.3) is 0 Å². The zero-order chi connectivity index (χ0) is 22.5. The van der Waals surface area contributed by atoms with Crippen LogP contribution in [-0.2, 0) is 9.47 Å². The summed E-state index contributed by atoms with van der Waals surface area (Å²) in [7, 11) is 2.62. The number of methoxy groups -OCH3 is 2. The molecule has 0 aliphatic carbocycles. The van der Waals surface area contributed by atoms with Gasteiger partial charge in [0.05, 0.1) is 31.0 Å². The molecule has 0 spiro atoms. The van der Waals surface area contributed by atoms with Crippen LogP contribution in [0.15, 0.2) is 36.4 Å². The summed E-state index contributed by atoms with van der Waals surface area (Å²) in [6.45, 7) is 7.41. The predicted octanol–water partition coefficient (Wildman–Crippen LogP) is 3.40. The highest BCUT2D eigenvalue weighted by Gasteiger charge is 2.22. The number of rotatable bonds is 4. The second-order valence-corrected chi connectivity index (χ2v) is 7.75. The van der Waals surface area contributed by atoms with Crippen molar-refractivity contribution in [2.75, 3.05) is 50.6 Å². The maximum atomic E-state index is 12.2. The standard InChI is InChI=1S/C23H27N3O4S/c1-15-6-5-7-20(16(15)2)25-10-12-26(13-11-25)23(31)24-19-14-17(21(27)29-3)8-9-18(19)22(28)30-4/h5-9,14H,10-13H2,1-4H3,(H,24,31). The summed E-state index contributed by atoms with van der Waals surface area (Å²) >= 11 is 5.61. The summed E-state index contributed by atoms with van der Waals surface area (Å²) in [6, 6.07) is 11.0. The minimum absolute atomic E-state index is 0.298. The molecule has 3 rings (SSSR count). The zero-order valence-electron chi connectivity index (χ0n) is 18.2. The molecule has 31 heavy (non-hydrogen) atoms. The molecular weight excluding hydrogens is 414 g/mol. The van der Waals surface area contributed by atoms with Crippen LogP contribution in [0.4, 0.5) is 11.4 Å². The number of ether oxygens (including phenoxy) is 2. The Morgan fingerprint density at radius 2 is 1.65 bits per heavy atom. The van der Waals surface area contributed by atoms with Gasteiger partial charge in [0.15, 0.2) is 5.11 Å². The van der Waals surface area contributed by atoms with Crippen molar-refractivity contribution in [3.05, 3.63) is 58.7 Å². The molecule has 164 valence electrons. The monoisotopic (exact) mass is 441 g/mol. The van der Waals surface area contributed by atoms with E-state index >= 15 is 0 Å². The molecule has 1 heterocycles. The first-order valence-electron chi connectivity index (χ1n) is 10.0. The van der Waals surface area contributed by atoms with Crippen molar-refractivity contribution in [3.8, 4) is 0 Å². The zero-order valence-corrected chi connectivity index (χ0v) is 19.0. The molecule has 1 N–H and O–H groups in total. The van der Waals surface area contributed by atoms with E-state index < -0.39 is 11.9 Å². The van der Waals surface area contributed by atoms with Gasteiger partial charge in [-0.1, -0.05) is 12.1 Å². The van der Waals surface area contributed by atoms with Crippen molar-refractivity contribution in [2.45, 2.75) is 13.8 Å². The highest BCUT2D eigenvalue weighted by molar-refractivity contribution is 7.80. The lowest BCUT2D eigenvalue weighted by molar-refractivity contribution is 0.0587. The molecule has 2 aromatic carbocycles. The average molecular weight is 442 g/mol.